The molecule has 0 aromatic heterocycles. The molecular weight excluding hydrogens is 366 g/mol. The first-order valence-electron chi connectivity index (χ1n) is 7.49. The van der Waals surface area contributed by atoms with Gasteiger partial charge in [0.15, 0.2) is 0 Å². The number of imide groups is 1. The van der Waals surface area contributed by atoms with Crippen molar-refractivity contribution < 1.29 is 26.8 Å². The topological polar surface area (TPSA) is 74.8 Å². The van der Waals surface area contributed by atoms with Crippen molar-refractivity contribution in [3.05, 3.63) is 64.7 Å². The second kappa shape index (κ2) is 6.26. The number of halogens is 2. The van der Waals surface area contributed by atoms with Crippen LogP contribution in [0.5, 0.6) is 0 Å². The first-order chi connectivity index (χ1) is 12.1. The number of carbonyl (C=O) groups excluding carboxylic acids is 2. The molecule has 136 valence electrons. The largest absolute Gasteiger partial charge is 0.277 e. The van der Waals surface area contributed by atoms with Gasteiger partial charge in [0.05, 0.1) is 16.0 Å². The van der Waals surface area contributed by atoms with Crippen LogP contribution in [0.2, 0.25) is 0 Å². The van der Waals surface area contributed by atoms with Crippen molar-refractivity contribution in [3.8, 4) is 0 Å². The van der Waals surface area contributed by atoms with Gasteiger partial charge in [0.25, 0.3) is 11.8 Å². The van der Waals surface area contributed by atoms with Crippen LogP contribution in [-0.2, 0) is 16.6 Å². The third kappa shape index (κ3) is 2.89. The first-order valence-corrected chi connectivity index (χ1v) is 8.93. The third-order valence-electron chi connectivity index (χ3n) is 4.18. The van der Waals surface area contributed by atoms with E-state index in [1.54, 1.807) is 0 Å². The van der Waals surface area contributed by atoms with Crippen molar-refractivity contribution in [2.75, 3.05) is 14.1 Å². The van der Waals surface area contributed by atoms with Crippen molar-refractivity contribution in [1.82, 2.24) is 9.21 Å². The molecule has 0 atom stereocenters. The Kier molecular flexibility index (Phi) is 4.37. The van der Waals surface area contributed by atoms with Crippen LogP contribution in [0.25, 0.3) is 0 Å². The molecule has 3 rings (SSSR count). The van der Waals surface area contributed by atoms with Crippen molar-refractivity contribution in [1.29, 1.82) is 0 Å². The van der Waals surface area contributed by atoms with Crippen LogP contribution in [0.15, 0.2) is 41.3 Å². The van der Waals surface area contributed by atoms with Gasteiger partial charge in [0.2, 0.25) is 10.0 Å². The standard InChI is InChI=1S/C17H14F2N2O4S/c1-20(9-10-3-4-11(18)7-15(10)19)26(24,25)12-5-6-13-14(8-12)17(23)21(2)16(13)22/h3-8H,9H2,1-2H3. The smallest absolute Gasteiger partial charge is 0.261 e. The van der Waals surface area contributed by atoms with Gasteiger partial charge in [-0.2, -0.15) is 4.31 Å². The molecule has 0 saturated carbocycles. The molecule has 2 aromatic rings. The second-order valence-electron chi connectivity index (χ2n) is 5.87. The minimum Gasteiger partial charge on any atom is -0.277 e. The van der Waals surface area contributed by atoms with E-state index >= 15 is 0 Å². The van der Waals surface area contributed by atoms with E-state index in [1.165, 1.54) is 26.2 Å². The van der Waals surface area contributed by atoms with E-state index in [0.717, 1.165) is 27.4 Å². The molecule has 0 spiro atoms. The Morgan fingerprint density at radius 3 is 2.31 bits per heavy atom. The van der Waals surface area contributed by atoms with Gasteiger partial charge in [-0.05, 0) is 24.3 Å². The summed E-state index contributed by atoms with van der Waals surface area (Å²) in [5.41, 5.74) is 0.133. The summed E-state index contributed by atoms with van der Waals surface area (Å²) in [5, 5.41) is 0. The van der Waals surface area contributed by atoms with E-state index in [0.29, 0.717) is 6.07 Å². The van der Waals surface area contributed by atoms with Crippen LogP contribution >= 0.6 is 0 Å². The number of amides is 2. The zero-order valence-corrected chi connectivity index (χ0v) is 14.7. The van der Waals surface area contributed by atoms with Crippen molar-refractivity contribution in [3.63, 3.8) is 0 Å². The molecule has 6 nitrogen and oxygen atoms in total. The quantitative estimate of drug-likeness (QED) is 0.761. The maximum Gasteiger partial charge on any atom is 0.261 e. The minimum absolute atomic E-state index is 0.0000576. The highest BCUT2D eigenvalue weighted by Crippen LogP contribution is 2.26. The van der Waals surface area contributed by atoms with Gasteiger partial charge >= 0.3 is 0 Å². The second-order valence-corrected chi connectivity index (χ2v) is 7.92. The highest BCUT2D eigenvalue weighted by atomic mass is 32.2. The van der Waals surface area contributed by atoms with Crippen LogP contribution in [0.1, 0.15) is 26.3 Å². The number of sulfonamides is 1. The van der Waals surface area contributed by atoms with Gasteiger partial charge in [-0.25, -0.2) is 17.2 Å². The van der Waals surface area contributed by atoms with Gasteiger partial charge in [0, 0.05) is 32.3 Å². The lowest BCUT2D eigenvalue weighted by Crippen LogP contribution is -2.27. The Hall–Kier alpha value is -2.65. The van der Waals surface area contributed by atoms with E-state index < -0.39 is 33.5 Å². The molecule has 0 unspecified atom stereocenters. The molecule has 2 amide bonds. The number of nitrogens with zero attached hydrogens (tertiary/aromatic N) is 2. The number of hydrogen-bond donors (Lipinski definition) is 0. The number of rotatable bonds is 4. The molecule has 0 bridgehead atoms. The Bertz CT molecular complexity index is 1040. The van der Waals surface area contributed by atoms with Crippen LogP contribution in [0.4, 0.5) is 8.78 Å². The maximum absolute atomic E-state index is 13.8. The third-order valence-corrected chi connectivity index (χ3v) is 5.98. The van der Waals surface area contributed by atoms with Crippen LogP contribution in [0, 0.1) is 11.6 Å². The Labute approximate surface area is 148 Å². The van der Waals surface area contributed by atoms with E-state index in [-0.39, 0.29) is 28.1 Å². The van der Waals surface area contributed by atoms with Crippen LogP contribution in [-0.4, -0.2) is 43.5 Å². The van der Waals surface area contributed by atoms with E-state index in [4.69, 9.17) is 0 Å². The zero-order valence-electron chi connectivity index (χ0n) is 13.9. The monoisotopic (exact) mass is 380 g/mol. The fourth-order valence-electron chi connectivity index (χ4n) is 2.66. The zero-order chi connectivity index (χ0) is 19.2. The fraction of sp³-hybridized carbons (Fsp3) is 0.176. The van der Waals surface area contributed by atoms with Gasteiger partial charge in [-0.1, -0.05) is 6.07 Å². The summed E-state index contributed by atoms with van der Waals surface area (Å²) in [5.74, 6) is -2.71. The lowest BCUT2D eigenvalue weighted by molar-refractivity contribution is 0.0693. The number of benzene rings is 2. The molecule has 0 aliphatic carbocycles. The molecule has 9 heteroatoms. The van der Waals surface area contributed by atoms with Gasteiger partial charge in [-0.3, -0.25) is 14.5 Å². The lowest BCUT2D eigenvalue weighted by Gasteiger charge is -2.18. The molecule has 0 saturated heterocycles. The molecule has 0 radical (unpaired) electrons. The SMILES string of the molecule is CN1C(=O)c2ccc(S(=O)(=O)N(C)Cc3ccc(F)cc3F)cc2C1=O. The highest BCUT2D eigenvalue weighted by Gasteiger charge is 2.34. The summed E-state index contributed by atoms with van der Waals surface area (Å²) in [4.78, 5) is 24.6. The number of fused-ring (bicyclic) bond motifs is 1. The van der Waals surface area contributed by atoms with Crippen LogP contribution in [0.3, 0.4) is 0 Å². The molecule has 0 fully saturated rings. The summed E-state index contributed by atoms with van der Waals surface area (Å²) in [7, 11) is -1.50. The lowest BCUT2D eigenvalue weighted by atomic mass is 10.1. The number of carbonyl (C=O) groups is 2. The van der Waals surface area contributed by atoms with E-state index in [9.17, 15) is 26.8 Å². The fourth-order valence-corrected chi connectivity index (χ4v) is 3.83. The highest BCUT2D eigenvalue weighted by molar-refractivity contribution is 7.89. The van der Waals surface area contributed by atoms with Crippen LogP contribution < -0.4 is 0 Å². The van der Waals surface area contributed by atoms with Crippen molar-refractivity contribution in [2.24, 2.45) is 0 Å². The molecular formula is C17H14F2N2O4S. The Morgan fingerprint density at radius 1 is 1.00 bits per heavy atom. The van der Waals surface area contributed by atoms with Gasteiger partial charge < -0.3 is 0 Å². The Morgan fingerprint density at radius 2 is 1.65 bits per heavy atom. The predicted octanol–water partition coefficient (Wildman–Crippen LogP) is 2.01. The predicted molar refractivity (Wildman–Crippen MR) is 87.9 cm³/mol. The molecule has 26 heavy (non-hydrogen) atoms. The summed E-state index contributed by atoms with van der Waals surface area (Å²) >= 11 is 0. The molecule has 1 aliphatic heterocycles. The summed E-state index contributed by atoms with van der Waals surface area (Å²) < 4.78 is 53.0. The summed E-state index contributed by atoms with van der Waals surface area (Å²) in [6.45, 7) is -0.321. The van der Waals surface area contributed by atoms with Crippen molar-refractivity contribution >= 4 is 21.8 Å². The summed E-state index contributed by atoms with van der Waals surface area (Å²) in [6.07, 6.45) is 0. The maximum atomic E-state index is 13.8. The normalized spacial score (nSPS) is 14.3. The average Bonchev–Trinajstić information content (AvgIpc) is 2.81. The average molecular weight is 380 g/mol. The van der Waals surface area contributed by atoms with E-state index in [2.05, 4.69) is 0 Å². The minimum atomic E-state index is -4.05. The van der Waals surface area contributed by atoms with Gasteiger partial charge in [0.1, 0.15) is 11.6 Å². The summed E-state index contributed by atoms with van der Waals surface area (Å²) in [6, 6.07) is 6.50. The van der Waals surface area contributed by atoms with Crippen molar-refractivity contribution in [2.45, 2.75) is 11.4 Å². The Balaban J connectivity index is 1.93. The molecule has 1 aliphatic rings. The number of hydrogen-bond acceptors (Lipinski definition) is 4. The first kappa shape index (κ1) is 18.2. The van der Waals surface area contributed by atoms with E-state index in [1.807, 2.05) is 0 Å². The molecule has 1 heterocycles. The van der Waals surface area contributed by atoms with Gasteiger partial charge in [-0.15, -0.1) is 0 Å². The molecule has 2 aromatic carbocycles. The molecule has 0 N–H and O–H groups in total.